The first-order valence-electron chi connectivity index (χ1n) is 3.89. The van der Waals surface area contributed by atoms with Crippen molar-refractivity contribution >= 4 is 11.3 Å². The highest BCUT2D eigenvalue weighted by molar-refractivity contribution is 7.09. The van der Waals surface area contributed by atoms with E-state index in [1.807, 2.05) is 6.07 Å². The fraction of sp³-hybridized carbons (Fsp3) is 0.111. The van der Waals surface area contributed by atoms with Crippen molar-refractivity contribution in [2.75, 3.05) is 0 Å². The van der Waals surface area contributed by atoms with Crippen LogP contribution in [0.15, 0.2) is 40.9 Å². The molecule has 2 aromatic rings. The molecule has 0 aliphatic heterocycles. The van der Waals surface area contributed by atoms with Crippen LogP contribution in [0.4, 0.5) is 0 Å². The van der Waals surface area contributed by atoms with Gasteiger partial charge in [-0.15, -0.1) is 11.3 Å². The van der Waals surface area contributed by atoms with Crippen molar-refractivity contribution in [2.45, 2.75) is 6.54 Å². The van der Waals surface area contributed by atoms with Gasteiger partial charge in [0.2, 0.25) is 0 Å². The lowest BCUT2D eigenvalue weighted by molar-refractivity contribution is 0.768. The zero-order valence-corrected chi connectivity index (χ0v) is 7.70. The highest BCUT2D eigenvalue weighted by Crippen LogP contribution is 2.05. The van der Waals surface area contributed by atoms with E-state index in [-0.39, 0.29) is 5.56 Å². The van der Waals surface area contributed by atoms with Crippen molar-refractivity contribution in [1.29, 1.82) is 0 Å². The van der Waals surface area contributed by atoms with Crippen LogP contribution >= 0.6 is 11.3 Å². The molecule has 2 aromatic heterocycles. The van der Waals surface area contributed by atoms with Crippen LogP contribution in [0.5, 0.6) is 0 Å². The number of pyridine rings is 1. The van der Waals surface area contributed by atoms with Gasteiger partial charge in [-0.1, -0.05) is 6.07 Å². The Morgan fingerprint density at radius 2 is 2.38 bits per heavy atom. The summed E-state index contributed by atoms with van der Waals surface area (Å²) in [7, 11) is 0. The number of nitrogens with zero attached hydrogens (tertiary/aromatic N) is 2. The first-order chi connectivity index (χ1) is 6.36. The Hall–Kier alpha value is -1.42. The molecule has 0 saturated heterocycles. The third kappa shape index (κ3) is 1.84. The van der Waals surface area contributed by atoms with Gasteiger partial charge in [0.1, 0.15) is 0 Å². The van der Waals surface area contributed by atoms with E-state index < -0.39 is 0 Å². The van der Waals surface area contributed by atoms with Crippen molar-refractivity contribution in [2.24, 2.45) is 0 Å². The molecule has 0 fully saturated rings. The Bertz CT molecular complexity index is 433. The zero-order valence-electron chi connectivity index (χ0n) is 6.88. The molecule has 0 aromatic carbocycles. The topological polar surface area (TPSA) is 34.9 Å². The summed E-state index contributed by atoms with van der Waals surface area (Å²) in [5, 5.41) is 0. The fourth-order valence-electron chi connectivity index (χ4n) is 1.08. The van der Waals surface area contributed by atoms with Gasteiger partial charge in [-0.2, -0.15) is 0 Å². The van der Waals surface area contributed by atoms with Gasteiger partial charge < -0.3 is 4.57 Å². The summed E-state index contributed by atoms with van der Waals surface area (Å²) in [5.41, 5.74) is 1.79. The standard InChI is InChI=1S/C9H8N2OS/c12-9-3-1-2-4-11(9)6-8-5-10-7-13-8/h1-5,7H,6H2. The van der Waals surface area contributed by atoms with Crippen LogP contribution in [-0.4, -0.2) is 9.55 Å². The number of hydrogen-bond acceptors (Lipinski definition) is 3. The Morgan fingerprint density at radius 3 is 3.08 bits per heavy atom. The second-order valence-corrected chi connectivity index (χ2v) is 3.61. The fourth-order valence-corrected chi connectivity index (χ4v) is 1.67. The van der Waals surface area contributed by atoms with Crippen LogP contribution in [0, 0.1) is 0 Å². The number of hydrogen-bond donors (Lipinski definition) is 0. The third-order valence-electron chi connectivity index (χ3n) is 1.71. The molecule has 0 radical (unpaired) electrons. The number of rotatable bonds is 2. The van der Waals surface area contributed by atoms with Crippen molar-refractivity contribution < 1.29 is 0 Å². The average molecular weight is 192 g/mol. The molecule has 0 N–H and O–H groups in total. The van der Waals surface area contributed by atoms with Crippen molar-refractivity contribution in [3.8, 4) is 0 Å². The van der Waals surface area contributed by atoms with Crippen molar-refractivity contribution in [1.82, 2.24) is 9.55 Å². The summed E-state index contributed by atoms with van der Waals surface area (Å²) in [6.07, 6.45) is 3.56. The highest BCUT2D eigenvalue weighted by Gasteiger charge is 1.96. The summed E-state index contributed by atoms with van der Waals surface area (Å²) >= 11 is 1.56. The van der Waals surface area contributed by atoms with Gasteiger partial charge in [0, 0.05) is 23.3 Å². The molecule has 66 valence electrons. The van der Waals surface area contributed by atoms with E-state index in [4.69, 9.17) is 0 Å². The molecule has 0 unspecified atom stereocenters. The van der Waals surface area contributed by atoms with Gasteiger partial charge in [0.15, 0.2) is 0 Å². The van der Waals surface area contributed by atoms with Gasteiger partial charge >= 0.3 is 0 Å². The predicted octanol–water partition coefficient (Wildman–Crippen LogP) is 1.35. The van der Waals surface area contributed by atoms with E-state index in [1.54, 1.807) is 45.9 Å². The molecular formula is C9H8N2OS. The predicted molar refractivity (Wildman–Crippen MR) is 51.9 cm³/mol. The molecule has 13 heavy (non-hydrogen) atoms. The van der Waals surface area contributed by atoms with Crippen LogP contribution in [0.2, 0.25) is 0 Å². The molecule has 0 aliphatic rings. The Balaban J connectivity index is 2.29. The molecule has 2 rings (SSSR count). The summed E-state index contributed by atoms with van der Waals surface area (Å²) < 4.78 is 1.66. The quantitative estimate of drug-likeness (QED) is 0.720. The maximum Gasteiger partial charge on any atom is 0.250 e. The van der Waals surface area contributed by atoms with Crippen LogP contribution < -0.4 is 5.56 Å². The normalized spacial score (nSPS) is 10.2. The second-order valence-electron chi connectivity index (χ2n) is 2.63. The Kier molecular flexibility index (Phi) is 2.23. The van der Waals surface area contributed by atoms with Crippen molar-refractivity contribution in [3.63, 3.8) is 0 Å². The SMILES string of the molecule is O=c1ccccn1Cc1cncs1. The summed E-state index contributed by atoms with van der Waals surface area (Å²) in [5.74, 6) is 0. The number of aromatic nitrogens is 2. The molecule has 3 nitrogen and oxygen atoms in total. The lowest BCUT2D eigenvalue weighted by Crippen LogP contribution is -2.17. The second kappa shape index (κ2) is 3.53. The Labute approximate surface area is 79.3 Å². The third-order valence-corrected chi connectivity index (χ3v) is 2.47. The van der Waals surface area contributed by atoms with Gasteiger partial charge in [0.25, 0.3) is 5.56 Å². The monoisotopic (exact) mass is 192 g/mol. The lowest BCUT2D eigenvalue weighted by atomic mass is 10.4. The molecule has 0 aliphatic carbocycles. The molecule has 0 spiro atoms. The van der Waals surface area contributed by atoms with Crippen LogP contribution in [0.3, 0.4) is 0 Å². The van der Waals surface area contributed by atoms with Crippen molar-refractivity contribution in [3.05, 3.63) is 51.3 Å². The maximum atomic E-state index is 11.3. The molecule has 0 saturated carbocycles. The lowest BCUT2D eigenvalue weighted by Gasteiger charge is -2.00. The van der Waals surface area contributed by atoms with E-state index >= 15 is 0 Å². The molecular weight excluding hydrogens is 184 g/mol. The van der Waals surface area contributed by atoms with Gasteiger partial charge in [-0.25, -0.2) is 0 Å². The smallest absolute Gasteiger partial charge is 0.250 e. The summed E-state index contributed by atoms with van der Waals surface area (Å²) in [6, 6.07) is 5.15. The van der Waals surface area contributed by atoms with E-state index in [0.29, 0.717) is 6.54 Å². The minimum atomic E-state index is 0.0240. The molecule has 2 heterocycles. The minimum absolute atomic E-state index is 0.0240. The summed E-state index contributed by atoms with van der Waals surface area (Å²) in [4.78, 5) is 16.3. The molecule has 0 atom stereocenters. The maximum absolute atomic E-state index is 11.3. The average Bonchev–Trinajstić information content (AvgIpc) is 2.61. The largest absolute Gasteiger partial charge is 0.310 e. The Morgan fingerprint density at radius 1 is 1.46 bits per heavy atom. The first kappa shape index (κ1) is 8.19. The molecule has 0 amide bonds. The van der Waals surface area contributed by atoms with Crippen LogP contribution in [-0.2, 0) is 6.54 Å². The molecule has 0 bridgehead atoms. The summed E-state index contributed by atoms with van der Waals surface area (Å²) in [6.45, 7) is 0.615. The number of thiazole rings is 1. The zero-order chi connectivity index (χ0) is 9.10. The minimum Gasteiger partial charge on any atom is -0.310 e. The van der Waals surface area contributed by atoms with Crippen LogP contribution in [0.25, 0.3) is 0 Å². The van der Waals surface area contributed by atoms with E-state index in [0.717, 1.165) is 4.88 Å². The highest BCUT2D eigenvalue weighted by atomic mass is 32.1. The van der Waals surface area contributed by atoms with Gasteiger partial charge in [-0.05, 0) is 6.07 Å². The van der Waals surface area contributed by atoms with Crippen LogP contribution in [0.1, 0.15) is 4.88 Å². The first-order valence-corrected chi connectivity index (χ1v) is 4.77. The van der Waals surface area contributed by atoms with E-state index in [2.05, 4.69) is 4.98 Å². The van der Waals surface area contributed by atoms with E-state index in [1.165, 1.54) is 0 Å². The van der Waals surface area contributed by atoms with Gasteiger partial charge in [-0.3, -0.25) is 9.78 Å². The van der Waals surface area contributed by atoms with Gasteiger partial charge in [0.05, 0.1) is 12.1 Å². The molecule has 4 heteroatoms. The van der Waals surface area contributed by atoms with E-state index in [9.17, 15) is 4.79 Å².